The quantitative estimate of drug-likeness (QED) is 0.861. The van der Waals surface area contributed by atoms with Crippen molar-refractivity contribution in [2.24, 2.45) is 0 Å². The van der Waals surface area contributed by atoms with E-state index in [-0.39, 0.29) is 18.2 Å². The van der Waals surface area contributed by atoms with E-state index < -0.39 is 5.60 Å². The molecule has 1 heterocycles. The summed E-state index contributed by atoms with van der Waals surface area (Å²) in [6, 6.07) is 7.46. The molecule has 21 heavy (non-hydrogen) atoms. The molecule has 2 radical (unpaired) electrons. The Labute approximate surface area is 127 Å². The number of nitrogens with zero attached hydrogens (tertiary/aromatic N) is 1. The predicted octanol–water partition coefficient (Wildman–Crippen LogP) is 1.91. The molecule has 1 aliphatic heterocycles. The van der Waals surface area contributed by atoms with Crippen LogP contribution >= 0.6 is 0 Å². The van der Waals surface area contributed by atoms with Crippen LogP contribution in [0.15, 0.2) is 24.3 Å². The van der Waals surface area contributed by atoms with Crippen molar-refractivity contribution < 1.29 is 14.6 Å². The molecule has 1 fully saturated rings. The third-order valence-corrected chi connectivity index (χ3v) is 3.81. The molecule has 1 amide bonds. The first-order chi connectivity index (χ1) is 9.76. The van der Waals surface area contributed by atoms with E-state index in [9.17, 15) is 9.90 Å². The smallest absolute Gasteiger partial charge is 0.410 e. The molecule has 1 N–H and O–H groups in total. The van der Waals surface area contributed by atoms with E-state index in [1.54, 1.807) is 18.7 Å². The van der Waals surface area contributed by atoms with Gasteiger partial charge in [0.2, 0.25) is 0 Å². The lowest BCUT2D eigenvalue weighted by Crippen LogP contribution is -2.45. The summed E-state index contributed by atoms with van der Waals surface area (Å²) in [6.45, 7) is 6.06. The molecule has 5 heteroatoms. The van der Waals surface area contributed by atoms with Gasteiger partial charge in [-0.1, -0.05) is 29.7 Å². The molecule has 0 bridgehead atoms. The number of hydrogen-bond donors (Lipinski definition) is 1. The topological polar surface area (TPSA) is 49.8 Å². The van der Waals surface area contributed by atoms with E-state index in [4.69, 9.17) is 12.6 Å². The molecule has 1 aliphatic rings. The van der Waals surface area contributed by atoms with E-state index in [0.717, 1.165) is 12.0 Å². The van der Waals surface area contributed by atoms with Gasteiger partial charge in [0.25, 0.3) is 0 Å². The average molecular weight is 287 g/mol. The van der Waals surface area contributed by atoms with Gasteiger partial charge in [-0.2, -0.15) is 0 Å². The summed E-state index contributed by atoms with van der Waals surface area (Å²) in [5, 5.41) is 9.82. The second-order valence-electron chi connectivity index (χ2n) is 6.35. The molecule has 0 aliphatic carbocycles. The molecular weight excluding hydrogens is 265 g/mol. The maximum absolute atomic E-state index is 12.2. The van der Waals surface area contributed by atoms with Gasteiger partial charge in [-0.05, 0) is 26.3 Å². The summed E-state index contributed by atoms with van der Waals surface area (Å²) in [4.78, 5) is 13.9. The molecule has 4 nitrogen and oxygen atoms in total. The van der Waals surface area contributed by atoms with Crippen LogP contribution in [0.4, 0.5) is 4.79 Å². The summed E-state index contributed by atoms with van der Waals surface area (Å²) in [5.74, 6) is 0. The lowest BCUT2D eigenvalue weighted by atomic mass is 9.93. The highest BCUT2D eigenvalue weighted by Gasteiger charge is 2.33. The molecule has 2 rings (SSSR count). The zero-order valence-corrected chi connectivity index (χ0v) is 12.9. The number of hydrogen-bond acceptors (Lipinski definition) is 3. The van der Waals surface area contributed by atoms with Gasteiger partial charge in [0, 0.05) is 19.4 Å². The predicted molar refractivity (Wildman–Crippen MR) is 82.8 cm³/mol. The maximum atomic E-state index is 12.2. The van der Waals surface area contributed by atoms with Crippen molar-refractivity contribution in [1.82, 2.24) is 4.90 Å². The second kappa shape index (κ2) is 6.10. The monoisotopic (exact) mass is 287 g/mol. The SMILES string of the molecule is [B]c1ccc(C(C)N2CCC(CC(C)(C)O)OC2=O)cc1. The van der Waals surface area contributed by atoms with Crippen LogP contribution in [-0.2, 0) is 4.74 Å². The van der Waals surface area contributed by atoms with Gasteiger partial charge < -0.3 is 14.7 Å². The first-order valence-corrected chi connectivity index (χ1v) is 7.31. The van der Waals surface area contributed by atoms with Crippen LogP contribution in [-0.4, -0.2) is 42.2 Å². The normalized spacial score (nSPS) is 21.0. The minimum atomic E-state index is -0.824. The van der Waals surface area contributed by atoms with Crippen molar-refractivity contribution in [2.75, 3.05) is 6.54 Å². The summed E-state index contributed by atoms with van der Waals surface area (Å²) in [6.07, 6.45) is 0.657. The number of carbonyl (C=O) groups is 1. The largest absolute Gasteiger partial charge is 0.446 e. The summed E-state index contributed by atoms with van der Waals surface area (Å²) in [5.41, 5.74) is 0.912. The van der Waals surface area contributed by atoms with Crippen molar-refractivity contribution in [2.45, 2.75) is 51.4 Å². The molecular formula is C16H22BNO3. The first kappa shape index (κ1) is 15.9. The van der Waals surface area contributed by atoms with Crippen molar-refractivity contribution in [3.8, 4) is 0 Å². The molecule has 2 atom stereocenters. The van der Waals surface area contributed by atoms with E-state index in [1.807, 2.05) is 31.2 Å². The molecule has 2 unspecified atom stereocenters. The van der Waals surface area contributed by atoms with Crippen LogP contribution in [0, 0.1) is 0 Å². The second-order valence-corrected chi connectivity index (χ2v) is 6.35. The standard InChI is InChI=1S/C16H22BNO3/c1-11(12-4-6-13(17)7-5-12)18-9-8-14(21-15(18)19)10-16(2,3)20/h4-7,11,14,20H,8-10H2,1-3H3. The van der Waals surface area contributed by atoms with Gasteiger partial charge in [0.15, 0.2) is 0 Å². The fraction of sp³-hybridized carbons (Fsp3) is 0.562. The lowest BCUT2D eigenvalue weighted by Gasteiger charge is -2.37. The Kier molecular flexibility index (Phi) is 4.62. The number of aliphatic hydroxyl groups is 1. The Bertz CT molecular complexity index is 495. The van der Waals surface area contributed by atoms with Gasteiger partial charge in [0.1, 0.15) is 14.0 Å². The third kappa shape index (κ3) is 4.24. The van der Waals surface area contributed by atoms with Crippen LogP contribution in [0.2, 0.25) is 0 Å². The fourth-order valence-electron chi connectivity index (χ4n) is 2.65. The summed E-state index contributed by atoms with van der Waals surface area (Å²) >= 11 is 0. The minimum Gasteiger partial charge on any atom is -0.446 e. The molecule has 1 aromatic rings. The minimum absolute atomic E-state index is 0.0545. The highest BCUT2D eigenvalue weighted by atomic mass is 16.6. The van der Waals surface area contributed by atoms with Gasteiger partial charge >= 0.3 is 6.09 Å². The number of amides is 1. The van der Waals surface area contributed by atoms with E-state index in [2.05, 4.69) is 0 Å². The third-order valence-electron chi connectivity index (χ3n) is 3.81. The number of cyclic esters (lactones) is 1. The maximum Gasteiger partial charge on any atom is 0.410 e. The summed E-state index contributed by atoms with van der Waals surface area (Å²) < 4.78 is 5.44. The average Bonchev–Trinajstić information content (AvgIpc) is 2.37. The van der Waals surface area contributed by atoms with Crippen LogP contribution in [0.3, 0.4) is 0 Å². The van der Waals surface area contributed by atoms with Crippen LogP contribution < -0.4 is 5.46 Å². The number of carbonyl (C=O) groups excluding carboxylic acids is 1. The van der Waals surface area contributed by atoms with E-state index >= 15 is 0 Å². The Morgan fingerprint density at radius 2 is 2.05 bits per heavy atom. The van der Waals surface area contributed by atoms with E-state index in [0.29, 0.717) is 18.4 Å². The Morgan fingerprint density at radius 3 is 2.57 bits per heavy atom. The van der Waals surface area contributed by atoms with Gasteiger partial charge in [0.05, 0.1) is 11.6 Å². The van der Waals surface area contributed by atoms with Crippen LogP contribution in [0.25, 0.3) is 0 Å². The van der Waals surface area contributed by atoms with Crippen molar-refractivity contribution in [3.63, 3.8) is 0 Å². The molecule has 112 valence electrons. The van der Waals surface area contributed by atoms with Crippen LogP contribution in [0.5, 0.6) is 0 Å². The van der Waals surface area contributed by atoms with Crippen LogP contribution in [0.1, 0.15) is 45.2 Å². The van der Waals surface area contributed by atoms with Crippen molar-refractivity contribution in [3.05, 3.63) is 29.8 Å². The number of benzene rings is 1. The Balaban J connectivity index is 2.00. The Morgan fingerprint density at radius 1 is 1.43 bits per heavy atom. The van der Waals surface area contributed by atoms with Crippen molar-refractivity contribution in [1.29, 1.82) is 0 Å². The summed E-state index contributed by atoms with van der Waals surface area (Å²) in [7, 11) is 5.68. The zero-order valence-electron chi connectivity index (χ0n) is 12.9. The van der Waals surface area contributed by atoms with Crippen molar-refractivity contribution >= 4 is 19.4 Å². The molecule has 1 saturated heterocycles. The molecule has 0 aromatic heterocycles. The highest BCUT2D eigenvalue weighted by molar-refractivity contribution is 6.32. The van der Waals surface area contributed by atoms with Gasteiger partial charge in [-0.3, -0.25) is 0 Å². The molecule has 0 saturated carbocycles. The molecule has 1 aromatic carbocycles. The Hall–Kier alpha value is -1.49. The van der Waals surface area contributed by atoms with E-state index in [1.165, 1.54) is 0 Å². The van der Waals surface area contributed by atoms with Gasteiger partial charge in [-0.15, -0.1) is 0 Å². The zero-order chi connectivity index (χ0) is 15.6. The number of rotatable bonds is 4. The fourth-order valence-corrected chi connectivity index (χ4v) is 2.65. The number of ether oxygens (including phenoxy) is 1. The van der Waals surface area contributed by atoms with Gasteiger partial charge in [-0.25, -0.2) is 4.79 Å². The molecule has 0 spiro atoms. The lowest BCUT2D eigenvalue weighted by molar-refractivity contribution is -0.0309. The highest BCUT2D eigenvalue weighted by Crippen LogP contribution is 2.27. The first-order valence-electron chi connectivity index (χ1n) is 7.31.